The van der Waals surface area contributed by atoms with E-state index in [2.05, 4.69) is 80.5 Å². The number of methoxy groups -OCH3 is 2. The van der Waals surface area contributed by atoms with Crippen molar-refractivity contribution in [3.63, 3.8) is 0 Å². The molecule has 3 aromatic carbocycles. The molecule has 0 spiro atoms. The highest BCUT2D eigenvalue weighted by Crippen LogP contribution is 2.75. The van der Waals surface area contributed by atoms with E-state index in [-0.39, 0.29) is 71.0 Å². The number of fused-ring (bicyclic) bond motifs is 4. The molecule has 12 atom stereocenters. The molecule has 0 heterocycles. The van der Waals surface area contributed by atoms with Crippen LogP contribution in [0, 0.1) is 47.3 Å². The predicted octanol–water partition coefficient (Wildman–Crippen LogP) is 8.64. The van der Waals surface area contributed by atoms with Crippen molar-refractivity contribution >= 4 is 31.9 Å². The molecule has 0 aromatic heterocycles. The fraction of sp³-hybridized carbons (Fsp3) is 0.409. The van der Waals surface area contributed by atoms with E-state index in [4.69, 9.17) is 18.9 Å². The van der Waals surface area contributed by atoms with Gasteiger partial charge in [0.1, 0.15) is 11.5 Å². The first-order valence-electron chi connectivity index (χ1n) is 18.5. The highest BCUT2D eigenvalue weighted by Gasteiger charge is 2.71. The molecule has 10 aliphatic rings. The van der Waals surface area contributed by atoms with Crippen molar-refractivity contribution in [1.82, 2.24) is 0 Å². The molecule has 8 bridgehead atoms. The summed E-state index contributed by atoms with van der Waals surface area (Å²) in [5.74, 6) is -0.284. The van der Waals surface area contributed by atoms with Crippen molar-refractivity contribution in [2.75, 3.05) is 14.2 Å². The Hall–Kier alpha value is -2.98. The van der Waals surface area contributed by atoms with Gasteiger partial charge in [-0.15, -0.1) is 0 Å². The van der Waals surface area contributed by atoms with Crippen molar-refractivity contribution < 1.29 is 29.2 Å². The number of aliphatic hydroxyl groups is 2. The summed E-state index contributed by atoms with van der Waals surface area (Å²) >= 11 is 7.06. The van der Waals surface area contributed by atoms with Gasteiger partial charge in [-0.25, -0.2) is 0 Å². The first-order chi connectivity index (χ1) is 25.3. The monoisotopic (exact) mass is 822 g/mol. The molecule has 2 fully saturated rings. The van der Waals surface area contributed by atoms with Crippen molar-refractivity contribution in [3.05, 3.63) is 139 Å². The fourth-order valence-electron chi connectivity index (χ4n) is 12.5. The van der Waals surface area contributed by atoms with E-state index in [1.165, 1.54) is 22.3 Å². The van der Waals surface area contributed by atoms with Crippen molar-refractivity contribution in [1.29, 1.82) is 0 Å². The lowest BCUT2D eigenvalue weighted by Crippen LogP contribution is -2.41. The minimum absolute atomic E-state index is 0.0493. The Balaban J connectivity index is 0.978. The van der Waals surface area contributed by atoms with Crippen LogP contribution in [0.15, 0.2) is 106 Å². The molecule has 0 aliphatic heterocycles. The summed E-state index contributed by atoms with van der Waals surface area (Å²) in [6, 6.07) is 16.2. The third kappa shape index (κ3) is 4.04. The maximum Gasteiger partial charge on any atom is 0.179 e. The standard InChI is InChI=1S/C44H40Br2O6/c1-49-41-37-25-11-13-27(35-31-17-15-29(33(25)35)43(31,47)51-19-21-3-7-23(45)8-4-21)39(37)42(50-2)40-28-14-12-26(38(40)41)34-30-16-18-32(36(28)34)44(30,48)52-20-22-5-9-24(46)10-6-22/h3-18,25-36,47-48H,19-20H2,1-2H3. The highest BCUT2D eigenvalue weighted by atomic mass is 79.9. The molecule has 10 aliphatic carbocycles. The molecule has 0 amide bonds. The maximum atomic E-state index is 12.5. The van der Waals surface area contributed by atoms with E-state index in [0.29, 0.717) is 13.2 Å². The number of benzene rings is 3. The normalized spacial score (nSPS) is 41.0. The Morgan fingerprint density at radius 1 is 0.481 bits per heavy atom. The molecule has 6 nitrogen and oxygen atoms in total. The Kier molecular flexibility index (Phi) is 7.04. The molecule has 8 heteroatoms. The Labute approximate surface area is 320 Å². The van der Waals surface area contributed by atoms with Gasteiger partial charge in [-0.05, 0) is 59.1 Å². The van der Waals surface area contributed by atoms with Gasteiger partial charge < -0.3 is 29.2 Å². The summed E-state index contributed by atoms with van der Waals surface area (Å²) in [7, 11) is 3.62. The number of hydrogen-bond donors (Lipinski definition) is 2. The van der Waals surface area contributed by atoms with E-state index in [1.54, 1.807) is 0 Å². The molecule has 12 unspecified atom stereocenters. The van der Waals surface area contributed by atoms with Crippen LogP contribution in [-0.2, 0) is 22.7 Å². The number of rotatable bonds is 8. The van der Waals surface area contributed by atoms with Crippen LogP contribution >= 0.6 is 31.9 Å². The van der Waals surface area contributed by atoms with E-state index in [0.717, 1.165) is 31.6 Å². The second-order valence-electron chi connectivity index (χ2n) is 16.1. The number of ether oxygens (including phenoxy) is 4. The highest BCUT2D eigenvalue weighted by molar-refractivity contribution is 9.10. The predicted molar refractivity (Wildman–Crippen MR) is 203 cm³/mol. The molecule has 3 aromatic rings. The van der Waals surface area contributed by atoms with E-state index >= 15 is 0 Å². The Morgan fingerprint density at radius 3 is 1.04 bits per heavy atom. The topological polar surface area (TPSA) is 77.4 Å². The lowest BCUT2D eigenvalue weighted by Gasteiger charge is -2.52. The minimum atomic E-state index is -1.28. The summed E-state index contributed by atoms with van der Waals surface area (Å²) < 4.78 is 28.3. The number of halogens is 2. The molecule has 0 radical (unpaired) electrons. The molecule has 13 rings (SSSR count). The average molecular weight is 825 g/mol. The quantitative estimate of drug-likeness (QED) is 0.175. The molecule has 266 valence electrons. The second kappa shape index (κ2) is 11.3. The largest absolute Gasteiger partial charge is 0.496 e. The summed E-state index contributed by atoms with van der Waals surface area (Å²) in [6.07, 6.45) is 18.3. The Bertz CT molecular complexity index is 1880. The summed E-state index contributed by atoms with van der Waals surface area (Å²) in [5, 5.41) is 24.9. The summed E-state index contributed by atoms with van der Waals surface area (Å²) in [4.78, 5) is 0. The van der Waals surface area contributed by atoms with Crippen molar-refractivity contribution in [3.8, 4) is 11.5 Å². The lowest BCUT2D eigenvalue weighted by atomic mass is 9.52. The van der Waals surface area contributed by atoms with Crippen molar-refractivity contribution in [2.45, 2.75) is 48.5 Å². The first-order valence-corrected chi connectivity index (χ1v) is 20.1. The molecule has 0 saturated heterocycles. The van der Waals surface area contributed by atoms with Gasteiger partial charge >= 0.3 is 0 Å². The summed E-state index contributed by atoms with van der Waals surface area (Å²) in [6.45, 7) is 0.698. The van der Waals surface area contributed by atoms with Crippen LogP contribution in [0.5, 0.6) is 11.5 Å². The second-order valence-corrected chi connectivity index (χ2v) is 17.9. The lowest BCUT2D eigenvalue weighted by molar-refractivity contribution is -0.238. The van der Waals surface area contributed by atoms with Crippen LogP contribution in [0.25, 0.3) is 0 Å². The molecular weight excluding hydrogens is 784 g/mol. The summed E-state index contributed by atoms with van der Waals surface area (Å²) in [5.41, 5.74) is 6.91. The number of allylic oxidation sites excluding steroid dienone is 4. The van der Waals surface area contributed by atoms with Gasteiger partial charge in [0, 0.05) is 78.5 Å². The van der Waals surface area contributed by atoms with E-state index < -0.39 is 11.6 Å². The van der Waals surface area contributed by atoms with Gasteiger partial charge in [0.05, 0.1) is 27.4 Å². The fourth-order valence-corrected chi connectivity index (χ4v) is 13.1. The third-order valence-corrected chi connectivity index (χ3v) is 15.3. The van der Waals surface area contributed by atoms with Crippen molar-refractivity contribution in [2.24, 2.45) is 47.3 Å². The Morgan fingerprint density at radius 2 is 0.769 bits per heavy atom. The average Bonchev–Trinajstić information content (AvgIpc) is 3.85. The smallest absolute Gasteiger partial charge is 0.179 e. The van der Waals surface area contributed by atoms with E-state index in [9.17, 15) is 10.2 Å². The van der Waals surface area contributed by atoms with Gasteiger partial charge in [-0.1, -0.05) is 105 Å². The van der Waals surface area contributed by atoms with E-state index in [1.807, 2.05) is 62.8 Å². The van der Waals surface area contributed by atoms with Crippen LogP contribution in [-0.4, -0.2) is 36.0 Å². The maximum absolute atomic E-state index is 12.5. The van der Waals surface area contributed by atoms with Gasteiger partial charge in [-0.2, -0.15) is 0 Å². The van der Waals surface area contributed by atoms with Crippen LogP contribution in [0.4, 0.5) is 0 Å². The zero-order chi connectivity index (χ0) is 35.3. The van der Waals surface area contributed by atoms with Gasteiger partial charge in [0.2, 0.25) is 0 Å². The van der Waals surface area contributed by atoms with Crippen LogP contribution in [0.3, 0.4) is 0 Å². The van der Waals surface area contributed by atoms with Crippen LogP contribution in [0.2, 0.25) is 0 Å². The first kappa shape index (κ1) is 32.5. The molecule has 52 heavy (non-hydrogen) atoms. The van der Waals surface area contributed by atoms with Gasteiger partial charge in [0.15, 0.2) is 11.6 Å². The molecule has 2 N–H and O–H groups in total. The number of hydrogen-bond acceptors (Lipinski definition) is 6. The zero-order valence-electron chi connectivity index (χ0n) is 28.9. The van der Waals surface area contributed by atoms with Crippen LogP contribution < -0.4 is 9.47 Å². The third-order valence-electron chi connectivity index (χ3n) is 14.3. The zero-order valence-corrected chi connectivity index (χ0v) is 32.0. The molecular formula is C44H40Br2O6. The SMILES string of the molecule is COc1c2c(c(OC)c3c1C1C=CC3C3C1C1C=CC3C1(O)OCc1ccc(Br)cc1)C1C=CC2C2C1C1C=CC2C1(O)OCc1ccc(Br)cc1. The van der Waals surface area contributed by atoms with Gasteiger partial charge in [-0.3, -0.25) is 0 Å². The van der Waals surface area contributed by atoms with Crippen LogP contribution in [0.1, 0.15) is 57.1 Å². The minimum Gasteiger partial charge on any atom is -0.496 e. The molecule has 2 saturated carbocycles. The van der Waals surface area contributed by atoms with Gasteiger partial charge in [0.25, 0.3) is 0 Å².